The number of carbonyl (C=O) groups excluding carboxylic acids is 1. The van der Waals surface area contributed by atoms with Crippen LogP contribution in [0, 0.1) is 6.92 Å². The first kappa shape index (κ1) is 20.0. The number of nitrogens with zero attached hydrogens (tertiary/aromatic N) is 1. The van der Waals surface area contributed by atoms with Crippen molar-refractivity contribution in [2.45, 2.75) is 25.7 Å². The minimum absolute atomic E-state index is 0.126. The quantitative estimate of drug-likeness (QED) is 0.800. The summed E-state index contributed by atoms with van der Waals surface area (Å²) in [4.78, 5) is 14.4. The van der Waals surface area contributed by atoms with E-state index < -0.39 is 10.0 Å². The molecule has 3 rings (SSSR count). The smallest absolute Gasteiger partial charge is 0.261 e. The molecule has 0 radical (unpaired) electrons. The third-order valence-corrected chi connectivity index (χ3v) is 5.89. The van der Waals surface area contributed by atoms with Crippen molar-refractivity contribution >= 4 is 21.6 Å². The third kappa shape index (κ3) is 4.06. The number of benzene rings is 2. The fourth-order valence-electron chi connectivity index (χ4n) is 3.05. The van der Waals surface area contributed by atoms with Gasteiger partial charge in [-0.3, -0.25) is 9.52 Å². The minimum atomic E-state index is -3.81. The molecular weight excluding hydrogens is 380 g/mol. The summed E-state index contributed by atoms with van der Waals surface area (Å²) in [6, 6.07) is 9.42. The molecule has 0 aliphatic carbocycles. The molecule has 2 aromatic carbocycles. The highest BCUT2D eigenvalue weighted by Crippen LogP contribution is 2.28. The van der Waals surface area contributed by atoms with Crippen molar-refractivity contribution in [3.8, 4) is 11.5 Å². The van der Waals surface area contributed by atoms with E-state index >= 15 is 0 Å². The van der Waals surface area contributed by atoms with E-state index in [1.165, 1.54) is 12.1 Å². The van der Waals surface area contributed by atoms with Gasteiger partial charge < -0.3 is 14.4 Å². The SMILES string of the molecule is CCOc1ccc(S(=O)(=O)Nc2ccc3c(c2)C(=O)N(CC)CCO3)cc1C. The van der Waals surface area contributed by atoms with Crippen LogP contribution in [0.3, 0.4) is 0 Å². The van der Waals surface area contributed by atoms with Gasteiger partial charge in [-0.1, -0.05) is 0 Å². The van der Waals surface area contributed by atoms with Gasteiger partial charge in [-0.05, 0) is 62.7 Å². The van der Waals surface area contributed by atoms with Crippen LogP contribution in [-0.4, -0.2) is 45.5 Å². The molecule has 0 fully saturated rings. The molecule has 1 heterocycles. The lowest BCUT2D eigenvalue weighted by Gasteiger charge is -2.17. The van der Waals surface area contributed by atoms with Gasteiger partial charge in [0.05, 0.1) is 23.6 Å². The second-order valence-corrected chi connectivity index (χ2v) is 8.09. The van der Waals surface area contributed by atoms with Gasteiger partial charge >= 0.3 is 0 Å². The van der Waals surface area contributed by atoms with Crippen molar-refractivity contribution in [3.63, 3.8) is 0 Å². The van der Waals surface area contributed by atoms with E-state index in [4.69, 9.17) is 9.47 Å². The Balaban J connectivity index is 1.89. The van der Waals surface area contributed by atoms with E-state index in [0.29, 0.717) is 49.1 Å². The molecule has 1 aliphatic rings. The summed E-state index contributed by atoms with van der Waals surface area (Å²) in [5.41, 5.74) is 1.39. The molecule has 7 nitrogen and oxygen atoms in total. The van der Waals surface area contributed by atoms with E-state index in [0.717, 1.165) is 5.56 Å². The number of carbonyl (C=O) groups is 1. The molecule has 0 bridgehead atoms. The van der Waals surface area contributed by atoms with E-state index in [9.17, 15) is 13.2 Å². The van der Waals surface area contributed by atoms with Gasteiger partial charge in [0.15, 0.2) is 0 Å². The Kier molecular flexibility index (Phi) is 5.79. The highest BCUT2D eigenvalue weighted by molar-refractivity contribution is 7.92. The number of amides is 1. The Bertz CT molecular complexity index is 988. The van der Waals surface area contributed by atoms with Crippen LogP contribution in [0.2, 0.25) is 0 Å². The van der Waals surface area contributed by atoms with Crippen LogP contribution in [0.1, 0.15) is 29.8 Å². The molecule has 0 unspecified atom stereocenters. The van der Waals surface area contributed by atoms with Gasteiger partial charge in [-0.25, -0.2) is 8.42 Å². The zero-order chi connectivity index (χ0) is 20.3. The second-order valence-electron chi connectivity index (χ2n) is 6.41. The van der Waals surface area contributed by atoms with E-state index in [1.807, 2.05) is 13.8 Å². The molecule has 1 amide bonds. The normalized spacial score (nSPS) is 14.1. The van der Waals surface area contributed by atoms with Crippen LogP contribution < -0.4 is 14.2 Å². The number of sulfonamides is 1. The zero-order valence-electron chi connectivity index (χ0n) is 16.2. The summed E-state index contributed by atoms with van der Waals surface area (Å²) >= 11 is 0. The predicted octanol–water partition coefficient (Wildman–Crippen LogP) is 3.05. The highest BCUT2D eigenvalue weighted by Gasteiger charge is 2.24. The number of hydrogen-bond acceptors (Lipinski definition) is 5. The Hall–Kier alpha value is -2.74. The van der Waals surface area contributed by atoms with Crippen LogP contribution in [0.5, 0.6) is 11.5 Å². The Labute approximate surface area is 165 Å². The van der Waals surface area contributed by atoms with Crippen LogP contribution >= 0.6 is 0 Å². The molecule has 0 spiro atoms. The molecule has 28 heavy (non-hydrogen) atoms. The van der Waals surface area contributed by atoms with Gasteiger partial charge in [0.2, 0.25) is 0 Å². The predicted molar refractivity (Wildman–Crippen MR) is 107 cm³/mol. The maximum absolute atomic E-state index is 12.8. The van der Waals surface area contributed by atoms with E-state index in [-0.39, 0.29) is 10.8 Å². The maximum atomic E-state index is 12.8. The Morgan fingerprint density at radius 1 is 1.18 bits per heavy atom. The summed E-state index contributed by atoms with van der Waals surface area (Å²) in [6.45, 7) is 7.52. The molecule has 1 aliphatic heterocycles. The maximum Gasteiger partial charge on any atom is 0.261 e. The van der Waals surface area contributed by atoms with Crippen molar-refractivity contribution in [2.24, 2.45) is 0 Å². The first-order valence-corrected chi connectivity index (χ1v) is 10.7. The molecule has 2 aromatic rings. The lowest BCUT2D eigenvalue weighted by molar-refractivity contribution is 0.0765. The Morgan fingerprint density at radius 2 is 1.96 bits per heavy atom. The summed E-state index contributed by atoms with van der Waals surface area (Å²) in [5.74, 6) is 0.933. The average Bonchev–Trinajstić information content (AvgIpc) is 2.82. The summed E-state index contributed by atoms with van der Waals surface area (Å²) in [5, 5.41) is 0. The molecule has 0 atom stereocenters. The number of fused-ring (bicyclic) bond motifs is 1. The van der Waals surface area contributed by atoms with Crippen molar-refractivity contribution in [1.29, 1.82) is 0 Å². The zero-order valence-corrected chi connectivity index (χ0v) is 17.0. The van der Waals surface area contributed by atoms with Gasteiger partial charge in [0.25, 0.3) is 15.9 Å². The van der Waals surface area contributed by atoms with Crippen LogP contribution in [0.25, 0.3) is 0 Å². The minimum Gasteiger partial charge on any atom is -0.494 e. The number of ether oxygens (including phenoxy) is 2. The number of likely N-dealkylation sites (N-methyl/N-ethyl adjacent to an activating group) is 1. The fourth-order valence-corrected chi connectivity index (χ4v) is 4.18. The molecular formula is C20H24N2O5S. The first-order valence-electron chi connectivity index (χ1n) is 9.18. The molecule has 150 valence electrons. The molecule has 0 aromatic heterocycles. The van der Waals surface area contributed by atoms with Crippen LogP contribution in [0.4, 0.5) is 5.69 Å². The lowest BCUT2D eigenvalue weighted by atomic mass is 10.1. The standard InChI is InChI=1S/C20H24N2O5S/c1-4-22-10-11-27-19-8-6-15(13-17(19)20(22)23)21-28(24,25)16-7-9-18(26-5-2)14(3)12-16/h6-9,12-13,21H,4-5,10-11H2,1-3H3. The highest BCUT2D eigenvalue weighted by atomic mass is 32.2. The topological polar surface area (TPSA) is 84.9 Å². The molecule has 8 heteroatoms. The monoisotopic (exact) mass is 404 g/mol. The number of hydrogen-bond donors (Lipinski definition) is 1. The van der Waals surface area contributed by atoms with Crippen molar-refractivity contribution in [1.82, 2.24) is 4.90 Å². The fraction of sp³-hybridized carbons (Fsp3) is 0.350. The largest absolute Gasteiger partial charge is 0.494 e. The summed E-state index contributed by atoms with van der Waals surface area (Å²) < 4.78 is 39.2. The number of aryl methyl sites for hydroxylation is 1. The van der Waals surface area contributed by atoms with Gasteiger partial charge in [0, 0.05) is 12.2 Å². The van der Waals surface area contributed by atoms with Crippen molar-refractivity contribution in [3.05, 3.63) is 47.5 Å². The summed E-state index contributed by atoms with van der Waals surface area (Å²) in [6.07, 6.45) is 0. The molecule has 1 N–H and O–H groups in total. The van der Waals surface area contributed by atoms with Gasteiger partial charge in [-0.2, -0.15) is 0 Å². The van der Waals surface area contributed by atoms with Gasteiger partial charge in [0.1, 0.15) is 18.1 Å². The van der Waals surface area contributed by atoms with Gasteiger partial charge in [-0.15, -0.1) is 0 Å². The number of anilines is 1. The Morgan fingerprint density at radius 3 is 2.64 bits per heavy atom. The third-order valence-electron chi connectivity index (χ3n) is 4.51. The average molecular weight is 404 g/mol. The first-order chi connectivity index (χ1) is 13.4. The van der Waals surface area contributed by atoms with Crippen LogP contribution in [-0.2, 0) is 10.0 Å². The lowest BCUT2D eigenvalue weighted by Crippen LogP contribution is -2.32. The van der Waals surface area contributed by atoms with Crippen molar-refractivity contribution < 1.29 is 22.7 Å². The second kappa shape index (κ2) is 8.10. The number of rotatable bonds is 6. The van der Waals surface area contributed by atoms with E-state index in [2.05, 4.69) is 4.72 Å². The molecule has 0 saturated carbocycles. The number of nitrogens with one attached hydrogen (secondary N) is 1. The van der Waals surface area contributed by atoms with Crippen molar-refractivity contribution in [2.75, 3.05) is 31.0 Å². The van der Waals surface area contributed by atoms with E-state index in [1.54, 1.807) is 36.1 Å². The summed E-state index contributed by atoms with van der Waals surface area (Å²) in [7, 11) is -3.81. The van der Waals surface area contributed by atoms with Crippen LogP contribution in [0.15, 0.2) is 41.3 Å². The molecule has 0 saturated heterocycles.